The molecule has 1 aromatic heterocycles. The fraction of sp³-hybridized carbons (Fsp3) is 0.226. The number of hydrogen-bond acceptors (Lipinski definition) is 9. The fourth-order valence-electron chi connectivity index (χ4n) is 4.98. The second kappa shape index (κ2) is 13.8. The average molecular weight is 631 g/mol. The summed E-state index contributed by atoms with van der Waals surface area (Å²) >= 11 is 0. The van der Waals surface area contributed by atoms with Gasteiger partial charge >= 0.3 is 29.6 Å². The molecule has 4 aromatic rings. The third-order valence-electron chi connectivity index (χ3n) is 6.90. The van der Waals surface area contributed by atoms with Gasteiger partial charge in [-0.3, -0.25) is 0 Å². The van der Waals surface area contributed by atoms with E-state index in [-0.39, 0.29) is 48.9 Å². The monoisotopic (exact) mass is 630 g/mol. The maximum absolute atomic E-state index is 11.3. The van der Waals surface area contributed by atoms with E-state index in [0.29, 0.717) is 29.4 Å². The van der Waals surface area contributed by atoms with Crippen LogP contribution in [0.2, 0.25) is 0 Å². The molecule has 0 fully saturated rings. The summed E-state index contributed by atoms with van der Waals surface area (Å²) in [5, 5.41) is 0.826. The van der Waals surface area contributed by atoms with Crippen LogP contribution in [0.1, 0.15) is 29.7 Å². The van der Waals surface area contributed by atoms with E-state index < -0.39 is 31.7 Å². The van der Waals surface area contributed by atoms with Crippen LogP contribution in [0.3, 0.4) is 0 Å². The zero-order chi connectivity index (χ0) is 29.9. The molecule has 0 N–H and O–H groups in total. The van der Waals surface area contributed by atoms with Gasteiger partial charge in [0.1, 0.15) is 11.3 Å². The van der Waals surface area contributed by atoms with Crippen LogP contribution in [-0.2, 0) is 26.7 Å². The Bertz CT molecular complexity index is 1880. The molecular weight excluding hydrogens is 601 g/mol. The second-order valence-electron chi connectivity index (χ2n) is 10.1. The summed E-state index contributed by atoms with van der Waals surface area (Å²) in [7, 11) is -8.71. The standard InChI is InChI=1S/C31H31NO8S2.Na/c1-22-13-15-27-30(20-22)40-31(32(27)17-7-19-42(36,37)38)12-5-11-28-25(10-6-18-41(33,34)35)26-21-24(14-16-29(26)39-28)23-8-3-2-4-9-23;/h2-5,8-9,11-16,20-21H,6-7,10,17-19H2,1H3,(H,33,34,35)(H,36,37,38);/q;+1/p-2/b11-5+,31-12-;. The molecular formula is C31H29NNaO8S2-. The van der Waals surface area contributed by atoms with Gasteiger partial charge in [-0.2, -0.15) is 0 Å². The van der Waals surface area contributed by atoms with E-state index in [0.717, 1.165) is 33.3 Å². The van der Waals surface area contributed by atoms with Crippen LogP contribution >= 0.6 is 0 Å². The first-order chi connectivity index (χ1) is 20.0. The van der Waals surface area contributed by atoms with Gasteiger partial charge in [0.15, 0.2) is 5.75 Å². The Morgan fingerprint density at radius 3 is 2.30 bits per heavy atom. The Morgan fingerprint density at radius 2 is 1.58 bits per heavy atom. The fourth-order valence-corrected chi connectivity index (χ4v) is 5.96. The number of benzene rings is 3. The maximum atomic E-state index is 11.3. The Labute approximate surface area is 273 Å². The molecule has 0 saturated carbocycles. The van der Waals surface area contributed by atoms with Crippen LogP contribution < -0.4 is 39.2 Å². The van der Waals surface area contributed by atoms with Gasteiger partial charge in [0.2, 0.25) is 5.88 Å². The van der Waals surface area contributed by atoms with E-state index in [9.17, 15) is 25.9 Å². The number of nitrogens with zero attached hydrogens (tertiary/aromatic N) is 1. The number of rotatable bonds is 11. The summed E-state index contributed by atoms with van der Waals surface area (Å²) in [6.45, 7) is 2.20. The maximum Gasteiger partial charge on any atom is 1.00 e. The zero-order valence-electron chi connectivity index (χ0n) is 23.9. The third-order valence-corrected chi connectivity index (χ3v) is 8.48. The Balaban J connectivity index is 0.00000423. The van der Waals surface area contributed by atoms with Crippen molar-refractivity contribution in [3.05, 3.63) is 102 Å². The third kappa shape index (κ3) is 8.60. The molecule has 220 valence electrons. The molecule has 0 bridgehead atoms. The molecule has 0 radical (unpaired) electrons. The van der Waals surface area contributed by atoms with Gasteiger partial charge in [0, 0.05) is 29.0 Å². The van der Waals surface area contributed by atoms with Crippen LogP contribution in [0, 0.1) is 6.92 Å². The number of anilines is 1. The summed E-state index contributed by atoms with van der Waals surface area (Å²) in [5.41, 5.74) is 5.16. The summed E-state index contributed by atoms with van der Waals surface area (Å²) in [4.78, 5) is 1.81. The van der Waals surface area contributed by atoms with Crippen molar-refractivity contribution in [2.45, 2.75) is 26.2 Å². The molecule has 0 unspecified atom stereocenters. The molecule has 9 nitrogen and oxygen atoms in total. The molecule has 0 spiro atoms. The molecule has 1 aliphatic rings. The smallest absolute Gasteiger partial charge is 0.748 e. The molecule has 0 aliphatic carbocycles. The van der Waals surface area contributed by atoms with Crippen LogP contribution in [0.15, 0.2) is 89.2 Å². The molecule has 1 aliphatic heterocycles. The topological polar surface area (TPSA) is 140 Å². The van der Waals surface area contributed by atoms with E-state index in [1.165, 1.54) is 0 Å². The number of ether oxygens (including phenoxy) is 1. The van der Waals surface area contributed by atoms with E-state index in [2.05, 4.69) is 0 Å². The second-order valence-corrected chi connectivity index (χ2v) is 13.1. The molecule has 43 heavy (non-hydrogen) atoms. The minimum Gasteiger partial charge on any atom is -0.748 e. The van der Waals surface area contributed by atoms with Crippen molar-refractivity contribution >= 4 is 43.0 Å². The number of furan rings is 1. The summed E-state index contributed by atoms with van der Waals surface area (Å²) in [6, 6.07) is 21.3. The largest absolute Gasteiger partial charge is 1.00 e. The van der Waals surface area contributed by atoms with Crippen molar-refractivity contribution < 1.29 is 64.7 Å². The number of allylic oxidation sites excluding steroid dienone is 2. The van der Waals surface area contributed by atoms with Gasteiger partial charge in [-0.05, 0) is 79.3 Å². The Kier molecular flexibility index (Phi) is 10.6. The number of hydrogen-bond donors (Lipinski definition) is 0. The minimum absolute atomic E-state index is 0. The predicted molar refractivity (Wildman–Crippen MR) is 160 cm³/mol. The molecule has 0 saturated heterocycles. The van der Waals surface area contributed by atoms with Crippen LogP contribution in [0.5, 0.6) is 5.75 Å². The first-order valence-corrected chi connectivity index (χ1v) is 16.5. The van der Waals surface area contributed by atoms with Gasteiger partial charge in [-0.15, -0.1) is 0 Å². The van der Waals surface area contributed by atoms with Crippen LogP contribution in [-0.4, -0.2) is 44.0 Å². The van der Waals surface area contributed by atoms with Crippen molar-refractivity contribution in [3.8, 4) is 16.9 Å². The summed E-state index contributed by atoms with van der Waals surface area (Å²) in [5.74, 6) is 0.629. The molecule has 2 heterocycles. The van der Waals surface area contributed by atoms with Gasteiger partial charge in [-0.25, -0.2) is 16.8 Å². The SMILES string of the molecule is Cc1ccc2c(c1)O/C(=C\C=C\c1oc3ccc(-c4ccccc4)cc3c1CCCS(=O)(=O)[O-])N2CCCS(=O)(=O)[O-].[Na+]. The number of aryl methyl sites for hydroxylation is 2. The van der Waals surface area contributed by atoms with E-state index in [1.54, 1.807) is 18.2 Å². The zero-order valence-corrected chi connectivity index (χ0v) is 27.5. The molecule has 0 atom stereocenters. The molecule has 3 aromatic carbocycles. The van der Waals surface area contributed by atoms with Crippen molar-refractivity contribution in [3.63, 3.8) is 0 Å². The Morgan fingerprint density at radius 1 is 0.860 bits per heavy atom. The van der Waals surface area contributed by atoms with E-state index in [1.807, 2.05) is 78.6 Å². The minimum atomic E-state index is -4.36. The molecule has 12 heteroatoms. The van der Waals surface area contributed by atoms with Crippen molar-refractivity contribution in [1.82, 2.24) is 0 Å². The van der Waals surface area contributed by atoms with E-state index in [4.69, 9.17) is 9.15 Å². The quantitative estimate of drug-likeness (QED) is 0.181. The van der Waals surface area contributed by atoms with Crippen molar-refractivity contribution in [1.29, 1.82) is 0 Å². The first-order valence-electron chi connectivity index (χ1n) is 13.4. The van der Waals surface area contributed by atoms with Gasteiger partial charge in [0.25, 0.3) is 0 Å². The number of fused-ring (bicyclic) bond motifs is 2. The van der Waals surface area contributed by atoms with Gasteiger partial charge in [0.05, 0.1) is 25.9 Å². The van der Waals surface area contributed by atoms with Crippen LogP contribution in [0.25, 0.3) is 28.2 Å². The first kappa shape index (κ1) is 33.0. The average Bonchev–Trinajstić information content (AvgIpc) is 3.44. The van der Waals surface area contributed by atoms with E-state index >= 15 is 0 Å². The van der Waals surface area contributed by atoms with Crippen molar-refractivity contribution in [2.24, 2.45) is 0 Å². The summed E-state index contributed by atoms with van der Waals surface area (Å²) in [6.07, 6.45) is 5.79. The predicted octanol–water partition coefficient (Wildman–Crippen LogP) is 2.58. The van der Waals surface area contributed by atoms with Crippen molar-refractivity contribution in [2.75, 3.05) is 23.0 Å². The van der Waals surface area contributed by atoms with Gasteiger partial charge < -0.3 is 23.2 Å². The molecule has 5 rings (SSSR count). The molecule has 0 amide bonds. The van der Waals surface area contributed by atoms with Gasteiger partial charge in [-0.1, -0.05) is 48.5 Å². The Hall–Kier alpha value is -2.90. The van der Waals surface area contributed by atoms with Crippen LogP contribution in [0.4, 0.5) is 5.69 Å². The summed E-state index contributed by atoms with van der Waals surface area (Å²) < 4.78 is 79.5. The normalized spacial score (nSPS) is 14.3.